The average Bonchev–Trinajstić information content (AvgIpc) is 2.78. The number of aromatic nitrogens is 2. The Balaban J connectivity index is 1.40. The van der Waals surface area contributed by atoms with Gasteiger partial charge in [-0.25, -0.2) is 4.98 Å². The Labute approximate surface area is 178 Å². The zero-order chi connectivity index (χ0) is 21.1. The van der Waals surface area contributed by atoms with E-state index in [0.29, 0.717) is 31.0 Å². The van der Waals surface area contributed by atoms with E-state index in [0.717, 1.165) is 43.9 Å². The monoisotopic (exact) mass is 406 g/mol. The van der Waals surface area contributed by atoms with E-state index >= 15 is 0 Å². The lowest BCUT2D eigenvalue weighted by atomic mass is 9.89. The van der Waals surface area contributed by atoms with Crippen LogP contribution in [0.4, 0.5) is 5.82 Å². The first-order chi connectivity index (χ1) is 14.5. The maximum Gasteiger partial charge on any atom is 0.255 e. The van der Waals surface area contributed by atoms with Crippen molar-refractivity contribution in [2.45, 2.75) is 46.1 Å². The Hall–Kier alpha value is -2.76. The number of nitrogens with zero attached hydrogens (tertiary/aromatic N) is 4. The molecule has 2 aromatic heterocycles. The summed E-state index contributed by atoms with van der Waals surface area (Å²) in [5.74, 6) is 1.47. The predicted octanol–water partition coefficient (Wildman–Crippen LogP) is 3.51. The van der Waals surface area contributed by atoms with Crippen LogP contribution in [0.1, 0.15) is 54.7 Å². The van der Waals surface area contributed by atoms with Gasteiger partial charge >= 0.3 is 0 Å². The van der Waals surface area contributed by atoms with Crippen LogP contribution in [0.15, 0.2) is 36.7 Å². The summed E-state index contributed by atoms with van der Waals surface area (Å²) in [6.07, 6.45) is 6.78. The van der Waals surface area contributed by atoms with Gasteiger partial charge < -0.3 is 9.80 Å². The Morgan fingerprint density at radius 2 is 2.03 bits per heavy atom. The largest absolute Gasteiger partial charge is 0.352 e. The second-order valence-electron chi connectivity index (χ2n) is 8.84. The van der Waals surface area contributed by atoms with Crippen LogP contribution in [0.2, 0.25) is 0 Å². The lowest BCUT2D eigenvalue weighted by molar-refractivity contribution is -0.124. The van der Waals surface area contributed by atoms with Crippen LogP contribution >= 0.6 is 0 Å². The molecule has 0 N–H and O–H groups in total. The molecule has 30 heavy (non-hydrogen) atoms. The van der Waals surface area contributed by atoms with E-state index in [2.05, 4.69) is 34.8 Å². The van der Waals surface area contributed by atoms with Gasteiger partial charge in [0.25, 0.3) is 5.91 Å². The zero-order valence-electron chi connectivity index (χ0n) is 17.9. The number of pyridine rings is 2. The minimum atomic E-state index is -0.0284. The first kappa shape index (κ1) is 20.5. The molecule has 0 spiro atoms. The fourth-order valence-electron chi connectivity index (χ4n) is 4.44. The second-order valence-corrected chi connectivity index (χ2v) is 8.84. The van der Waals surface area contributed by atoms with Crippen LogP contribution in [0, 0.1) is 11.8 Å². The molecule has 1 saturated heterocycles. The number of anilines is 1. The summed E-state index contributed by atoms with van der Waals surface area (Å²) in [4.78, 5) is 38.5. The van der Waals surface area contributed by atoms with Crippen LogP contribution in [0.3, 0.4) is 0 Å². The Morgan fingerprint density at radius 3 is 2.80 bits per heavy atom. The van der Waals surface area contributed by atoms with Crippen molar-refractivity contribution in [3.05, 3.63) is 53.5 Å². The number of Topliss-reactive ketones (excluding diaryl/α,β-unsaturated/α-hetero) is 1. The van der Waals surface area contributed by atoms with Gasteiger partial charge in [-0.15, -0.1) is 0 Å². The van der Waals surface area contributed by atoms with Crippen LogP contribution in [0.5, 0.6) is 0 Å². The summed E-state index contributed by atoms with van der Waals surface area (Å²) < 4.78 is 0. The summed E-state index contributed by atoms with van der Waals surface area (Å²) >= 11 is 0. The number of hydrogen-bond acceptors (Lipinski definition) is 5. The number of piperidine rings is 1. The van der Waals surface area contributed by atoms with Crippen molar-refractivity contribution in [1.29, 1.82) is 0 Å². The van der Waals surface area contributed by atoms with E-state index in [1.165, 1.54) is 5.56 Å². The van der Waals surface area contributed by atoms with E-state index in [9.17, 15) is 9.59 Å². The number of hydrogen-bond donors (Lipinski definition) is 0. The molecular weight excluding hydrogens is 376 g/mol. The molecule has 4 heterocycles. The molecule has 0 saturated carbocycles. The topological polar surface area (TPSA) is 66.4 Å². The van der Waals surface area contributed by atoms with Gasteiger partial charge in [-0.3, -0.25) is 14.6 Å². The summed E-state index contributed by atoms with van der Waals surface area (Å²) in [5, 5.41) is 0. The first-order valence-corrected chi connectivity index (χ1v) is 11.0. The quantitative estimate of drug-likeness (QED) is 0.760. The molecular formula is C24H30N4O2. The molecule has 0 aliphatic carbocycles. The van der Waals surface area contributed by atoms with Gasteiger partial charge in [-0.1, -0.05) is 19.9 Å². The van der Waals surface area contributed by atoms with Gasteiger partial charge in [0.2, 0.25) is 0 Å². The Kier molecular flexibility index (Phi) is 6.11. The van der Waals surface area contributed by atoms with Crippen LogP contribution in [-0.2, 0) is 17.8 Å². The number of amides is 1. The Bertz CT molecular complexity index is 910. The lowest BCUT2D eigenvalue weighted by Crippen LogP contribution is -2.42. The second kappa shape index (κ2) is 8.94. The molecule has 6 heteroatoms. The van der Waals surface area contributed by atoms with Gasteiger partial charge in [0.15, 0.2) is 0 Å². The molecule has 1 atom stereocenters. The Morgan fingerprint density at radius 1 is 1.17 bits per heavy atom. The van der Waals surface area contributed by atoms with E-state index in [4.69, 9.17) is 0 Å². The molecule has 6 nitrogen and oxygen atoms in total. The van der Waals surface area contributed by atoms with Crippen molar-refractivity contribution < 1.29 is 9.59 Å². The van der Waals surface area contributed by atoms with Crippen LogP contribution < -0.4 is 4.90 Å². The summed E-state index contributed by atoms with van der Waals surface area (Å²) in [6, 6.07) is 7.87. The highest BCUT2D eigenvalue weighted by atomic mass is 16.2. The first-order valence-electron chi connectivity index (χ1n) is 11.0. The van der Waals surface area contributed by atoms with E-state index in [1.807, 2.05) is 29.3 Å². The highest BCUT2D eigenvalue weighted by Crippen LogP contribution is 2.24. The van der Waals surface area contributed by atoms with Crippen molar-refractivity contribution in [3.8, 4) is 0 Å². The molecule has 0 radical (unpaired) electrons. The normalized spacial score (nSPS) is 19.0. The maximum absolute atomic E-state index is 13.0. The third kappa shape index (κ3) is 4.53. The molecule has 158 valence electrons. The van der Waals surface area contributed by atoms with Crippen molar-refractivity contribution >= 4 is 17.5 Å². The van der Waals surface area contributed by atoms with Crippen molar-refractivity contribution in [1.82, 2.24) is 14.9 Å². The smallest absolute Gasteiger partial charge is 0.255 e. The maximum atomic E-state index is 13.0. The lowest BCUT2D eigenvalue weighted by Gasteiger charge is -2.32. The number of carbonyl (C=O) groups excluding carboxylic acids is 2. The molecule has 2 aliphatic heterocycles. The molecule has 1 fully saturated rings. The molecule has 0 aromatic carbocycles. The molecule has 4 rings (SSSR count). The van der Waals surface area contributed by atoms with Gasteiger partial charge in [0, 0.05) is 63.0 Å². The van der Waals surface area contributed by atoms with E-state index < -0.39 is 0 Å². The molecule has 1 amide bonds. The number of fused-ring (bicyclic) bond motifs is 1. The van der Waals surface area contributed by atoms with Gasteiger partial charge in [0.05, 0.1) is 5.56 Å². The van der Waals surface area contributed by atoms with Crippen LogP contribution in [-0.4, -0.2) is 46.2 Å². The molecule has 0 unspecified atom stereocenters. The third-order valence-corrected chi connectivity index (χ3v) is 6.06. The van der Waals surface area contributed by atoms with E-state index in [1.54, 1.807) is 6.20 Å². The zero-order valence-corrected chi connectivity index (χ0v) is 17.9. The average molecular weight is 407 g/mol. The number of rotatable bonds is 5. The highest BCUT2D eigenvalue weighted by Gasteiger charge is 2.29. The molecule has 0 bridgehead atoms. The summed E-state index contributed by atoms with van der Waals surface area (Å²) in [7, 11) is 0. The standard InChI is InChI=1S/C24H30N4O2/c1-17(2)13-22(29)20-6-4-11-28(16-20)24(30)18-7-8-23(26-14-18)27-12-9-21-19(15-27)5-3-10-25-21/h3,5,7-8,10,14,17,20H,4,6,9,11-13,15-16H2,1-2H3/t20-/m0/s1. The summed E-state index contributed by atoms with van der Waals surface area (Å²) in [5.41, 5.74) is 2.98. The van der Waals surface area contributed by atoms with Gasteiger partial charge in [-0.2, -0.15) is 0 Å². The van der Waals surface area contributed by atoms with Gasteiger partial charge in [0.1, 0.15) is 11.6 Å². The minimum Gasteiger partial charge on any atom is -0.352 e. The van der Waals surface area contributed by atoms with Crippen LogP contribution in [0.25, 0.3) is 0 Å². The predicted molar refractivity (Wildman–Crippen MR) is 116 cm³/mol. The summed E-state index contributed by atoms with van der Waals surface area (Å²) in [6.45, 7) is 7.03. The fraction of sp³-hybridized carbons (Fsp3) is 0.500. The van der Waals surface area contributed by atoms with Gasteiger partial charge in [-0.05, 0) is 42.5 Å². The van der Waals surface area contributed by atoms with Crippen molar-refractivity contribution in [2.75, 3.05) is 24.5 Å². The minimum absolute atomic E-state index is 0.0238. The third-order valence-electron chi connectivity index (χ3n) is 6.06. The van der Waals surface area contributed by atoms with Crippen molar-refractivity contribution in [2.24, 2.45) is 11.8 Å². The molecule has 2 aliphatic rings. The highest BCUT2D eigenvalue weighted by molar-refractivity contribution is 5.94. The number of likely N-dealkylation sites (tertiary alicyclic amines) is 1. The fourth-order valence-corrected chi connectivity index (χ4v) is 4.44. The van der Waals surface area contributed by atoms with Crippen molar-refractivity contribution in [3.63, 3.8) is 0 Å². The number of ketones is 1. The number of carbonyl (C=O) groups is 2. The molecule has 2 aromatic rings. The SMILES string of the molecule is CC(C)CC(=O)[C@H]1CCCN(C(=O)c2ccc(N3CCc4ncccc4C3)nc2)C1. The van der Waals surface area contributed by atoms with E-state index in [-0.39, 0.29) is 17.6 Å².